The van der Waals surface area contributed by atoms with Crippen LogP contribution in [-0.2, 0) is 7.05 Å². The molecule has 3 atom stereocenters. The summed E-state index contributed by atoms with van der Waals surface area (Å²) < 4.78 is 2.14. The van der Waals surface area contributed by atoms with Gasteiger partial charge in [0.2, 0.25) is 0 Å². The minimum absolute atomic E-state index is 0.120. The van der Waals surface area contributed by atoms with Crippen LogP contribution in [0.2, 0.25) is 0 Å². The van der Waals surface area contributed by atoms with E-state index >= 15 is 0 Å². The van der Waals surface area contributed by atoms with Crippen molar-refractivity contribution >= 4 is 22.8 Å². The molecule has 1 saturated carbocycles. The summed E-state index contributed by atoms with van der Waals surface area (Å²) in [6.45, 7) is 4.90. The van der Waals surface area contributed by atoms with Crippen LogP contribution in [0.25, 0.3) is 11.0 Å². The molecule has 1 aromatic carbocycles. The minimum Gasteiger partial charge on any atom is -0.387 e. The smallest absolute Gasteiger partial charge is 0.126 e. The predicted octanol–water partition coefficient (Wildman–Crippen LogP) is 2.87. The normalized spacial score (nSPS) is 26.1. The van der Waals surface area contributed by atoms with Crippen molar-refractivity contribution in [3.8, 4) is 0 Å². The van der Waals surface area contributed by atoms with Crippen LogP contribution in [0.4, 0.5) is 0 Å². The Morgan fingerprint density at radius 3 is 2.91 bits per heavy atom. The number of fused-ring (bicyclic) bond motifs is 1. The van der Waals surface area contributed by atoms with Crippen LogP contribution in [0.15, 0.2) is 24.3 Å². The Bertz CT molecular complexity index is 656. The number of hydrogen-bond acceptors (Lipinski definition) is 4. The van der Waals surface area contributed by atoms with E-state index in [0.29, 0.717) is 11.8 Å². The Morgan fingerprint density at radius 1 is 1.50 bits per heavy atom. The van der Waals surface area contributed by atoms with Crippen molar-refractivity contribution in [2.45, 2.75) is 43.6 Å². The van der Waals surface area contributed by atoms with E-state index in [4.69, 9.17) is 4.98 Å². The molecule has 0 spiro atoms. The maximum Gasteiger partial charge on any atom is 0.126 e. The van der Waals surface area contributed by atoms with Crippen molar-refractivity contribution in [3.63, 3.8) is 0 Å². The van der Waals surface area contributed by atoms with E-state index in [0.717, 1.165) is 35.5 Å². The first-order valence-corrected chi connectivity index (χ1v) is 9.09. The molecule has 2 aromatic rings. The standard InChI is InChI=1S/C17H25N3OS/c1-4-22-15-9-10-17(15,21)11-18-12(2)16-19-13-7-5-6-8-14(13)20(16)3/h5-8,12,15,18,21H,4,9-11H2,1-3H3/t12-,15+,17+/m0/s1. The average Bonchev–Trinajstić information content (AvgIpc) is 2.86. The van der Waals surface area contributed by atoms with Crippen LogP contribution in [0.5, 0.6) is 0 Å². The van der Waals surface area contributed by atoms with Crippen LogP contribution >= 0.6 is 11.8 Å². The summed E-state index contributed by atoms with van der Waals surface area (Å²) in [5.41, 5.74) is 1.61. The number of aromatic nitrogens is 2. The number of aliphatic hydroxyl groups is 1. The van der Waals surface area contributed by atoms with Gasteiger partial charge in [0.25, 0.3) is 0 Å². The van der Waals surface area contributed by atoms with Gasteiger partial charge in [0, 0.05) is 18.8 Å². The topological polar surface area (TPSA) is 50.1 Å². The van der Waals surface area contributed by atoms with E-state index in [1.165, 1.54) is 0 Å². The molecule has 0 saturated heterocycles. The summed E-state index contributed by atoms with van der Waals surface area (Å²) in [6, 6.07) is 8.30. The molecule has 2 N–H and O–H groups in total. The maximum absolute atomic E-state index is 10.7. The molecule has 1 aliphatic carbocycles. The number of nitrogens with zero attached hydrogens (tertiary/aromatic N) is 2. The van der Waals surface area contributed by atoms with Gasteiger partial charge in [0.1, 0.15) is 5.82 Å². The van der Waals surface area contributed by atoms with Gasteiger partial charge in [-0.3, -0.25) is 0 Å². The molecular formula is C17H25N3OS. The van der Waals surface area contributed by atoms with Crippen molar-refractivity contribution < 1.29 is 5.11 Å². The third-order valence-electron chi connectivity index (χ3n) is 4.73. The molecule has 3 rings (SSSR count). The molecular weight excluding hydrogens is 294 g/mol. The van der Waals surface area contributed by atoms with Crippen LogP contribution in [0.3, 0.4) is 0 Å². The molecule has 1 heterocycles. The number of thioether (sulfide) groups is 1. The fraction of sp³-hybridized carbons (Fsp3) is 0.588. The lowest BCUT2D eigenvalue weighted by atomic mass is 9.79. The number of rotatable bonds is 6. The van der Waals surface area contributed by atoms with Crippen LogP contribution in [-0.4, -0.2) is 37.8 Å². The van der Waals surface area contributed by atoms with E-state index in [1.54, 1.807) is 0 Å². The molecule has 0 bridgehead atoms. The Balaban J connectivity index is 1.69. The highest BCUT2D eigenvalue weighted by Gasteiger charge is 2.45. The number of aryl methyl sites for hydroxylation is 1. The Kier molecular flexibility index (Phi) is 4.48. The van der Waals surface area contributed by atoms with Crippen LogP contribution < -0.4 is 5.32 Å². The van der Waals surface area contributed by atoms with Gasteiger partial charge in [-0.05, 0) is 37.7 Å². The zero-order valence-corrected chi connectivity index (χ0v) is 14.4. The van der Waals surface area contributed by atoms with Crippen LogP contribution in [0, 0.1) is 0 Å². The maximum atomic E-state index is 10.7. The minimum atomic E-state index is -0.556. The van der Waals surface area contributed by atoms with E-state index in [9.17, 15) is 5.11 Å². The molecule has 1 fully saturated rings. The Hall–Kier alpha value is -1.04. The molecule has 22 heavy (non-hydrogen) atoms. The molecule has 0 aliphatic heterocycles. The highest BCUT2D eigenvalue weighted by molar-refractivity contribution is 8.00. The molecule has 5 heteroatoms. The first-order valence-electron chi connectivity index (χ1n) is 8.04. The lowest BCUT2D eigenvalue weighted by Crippen LogP contribution is -2.56. The molecule has 0 amide bonds. The molecule has 4 nitrogen and oxygen atoms in total. The summed E-state index contributed by atoms with van der Waals surface area (Å²) in [7, 11) is 2.05. The van der Waals surface area contributed by atoms with Crippen LogP contribution in [0.1, 0.15) is 38.6 Å². The number of hydrogen-bond donors (Lipinski definition) is 2. The Labute approximate surface area is 136 Å². The van der Waals surface area contributed by atoms with Gasteiger partial charge in [-0.2, -0.15) is 11.8 Å². The summed E-state index contributed by atoms with van der Waals surface area (Å²) in [5.74, 6) is 2.08. The number of imidazole rings is 1. The lowest BCUT2D eigenvalue weighted by molar-refractivity contribution is -0.0251. The highest BCUT2D eigenvalue weighted by atomic mass is 32.2. The second-order valence-corrected chi connectivity index (χ2v) is 7.69. The second kappa shape index (κ2) is 6.22. The summed E-state index contributed by atoms with van der Waals surface area (Å²) in [6.07, 6.45) is 2.02. The first kappa shape index (κ1) is 15.8. The van der Waals surface area contributed by atoms with Gasteiger partial charge in [0.05, 0.1) is 22.7 Å². The van der Waals surface area contributed by atoms with Gasteiger partial charge in [-0.15, -0.1) is 0 Å². The van der Waals surface area contributed by atoms with E-state index in [2.05, 4.69) is 36.8 Å². The largest absolute Gasteiger partial charge is 0.387 e. The summed E-state index contributed by atoms with van der Waals surface area (Å²) in [5, 5.41) is 14.6. The predicted molar refractivity (Wildman–Crippen MR) is 93.2 cm³/mol. The quantitative estimate of drug-likeness (QED) is 0.859. The lowest BCUT2D eigenvalue weighted by Gasteiger charge is -2.45. The second-order valence-electron chi connectivity index (χ2n) is 6.21. The van der Waals surface area contributed by atoms with Crippen molar-refractivity contribution in [2.24, 2.45) is 7.05 Å². The fourth-order valence-corrected chi connectivity index (χ4v) is 4.41. The molecule has 0 radical (unpaired) electrons. The molecule has 1 aliphatic rings. The van der Waals surface area contributed by atoms with Gasteiger partial charge >= 0.3 is 0 Å². The number of para-hydroxylation sites is 2. The third-order valence-corrected chi connectivity index (χ3v) is 6.14. The highest BCUT2D eigenvalue weighted by Crippen LogP contribution is 2.41. The number of benzene rings is 1. The zero-order valence-electron chi connectivity index (χ0n) is 13.5. The summed E-state index contributed by atoms with van der Waals surface area (Å²) in [4.78, 5) is 4.73. The van der Waals surface area contributed by atoms with Gasteiger partial charge < -0.3 is 15.0 Å². The summed E-state index contributed by atoms with van der Waals surface area (Å²) >= 11 is 1.87. The Morgan fingerprint density at radius 2 is 2.27 bits per heavy atom. The van der Waals surface area contributed by atoms with Gasteiger partial charge in [-0.25, -0.2) is 4.98 Å². The monoisotopic (exact) mass is 319 g/mol. The van der Waals surface area contributed by atoms with Crippen molar-refractivity contribution in [3.05, 3.63) is 30.1 Å². The SMILES string of the molecule is CCS[C@@H]1CC[C@@]1(O)CN[C@@H](C)c1nc2ccccc2n1C. The van der Waals surface area contributed by atoms with Crippen molar-refractivity contribution in [1.29, 1.82) is 0 Å². The molecule has 0 unspecified atom stereocenters. The number of nitrogens with one attached hydrogen (secondary N) is 1. The van der Waals surface area contributed by atoms with Crippen molar-refractivity contribution in [1.82, 2.24) is 14.9 Å². The van der Waals surface area contributed by atoms with Gasteiger partial charge in [0.15, 0.2) is 0 Å². The third kappa shape index (κ3) is 2.77. The first-order chi connectivity index (χ1) is 10.5. The van der Waals surface area contributed by atoms with Crippen molar-refractivity contribution in [2.75, 3.05) is 12.3 Å². The van der Waals surface area contributed by atoms with Gasteiger partial charge in [-0.1, -0.05) is 19.1 Å². The van der Waals surface area contributed by atoms with E-state index in [1.807, 2.05) is 30.0 Å². The van der Waals surface area contributed by atoms with E-state index < -0.39 is 5.60 Å². The fourth-order valence-electron chi connectivity index (χ4n) is 3.21. The molecule has 120 valence electrons. The molecule has 1 aromatic heterocycles. The van der Waals surface area contributed by atoms with E-state index in [-0.39, 0.29) is 6.04 Å². The zero-order chi connectivity index (χ0) is 15.7. The average molecular weight is 319 g/mol.